The molecule has 1 aliphatic rings. The molecule has 0 unspecified atom stereocenters. The summed E-state index contributed by atoms with van der Waals surface area (Å²) in [4.78, 5) is 2.43. The minimum absolute atomic E-state index is 0.924. The lowest BCUT2D eigenvalue weighted by atomic mass is 10.2. The van der Waals surface area contributed by atoms with E-state index >= 15 is 0 Å². The van der Waals surface area contributed by atoms with Gasteiger partial charge in [-0.1, -0.05) is 23.9 Å². The van der Waals surface area contributed by atoms with E-state index in [1.54, 1.807) is 11.8 Å². The average Bonchev–Trinajstić information content (AvgIpc) is 2.35. The quantitative estimate of drug-likeness (QED) is 0.443. The molecule has 0 amide bonds. The van der Waals surface area contributed by atoms with Crippen LogP contribution >= 0.6 is 11.8 Å². The molecule has 0 saturated carbocycles. The van der Waals surface area contributed by atoms with E-state index in [0.29, 0.717) is 0 Å². The highest BCUT2D eigenvalue weighted by molar-refractivity contribution is 7.99. The van der Waals surface area contributed by atoms with Gasteiger partial charge in [0.2, 0.25) is 0 Å². The van der Waals surface area contributed by atoms with Crippen molar-refractivity contribution in [3.05, 3.63) is 42.5 Å². The summed E-state index contributed by atoms with van der Waals surface area (Å²) < 4.78 is 0. The largest absolute Gasteiger partial charge is 0.354 e. The molecule has 2 aromatic rings. The molecule has 16 heavy (non-hydrogen) atoms. The van der Waals surface area contributed by atoms with E-state index in [1.807, 2.05) is 30.3 Å². The zero-order valence-electron chi connectivity index (χ0n) is 8.53. The smallest absolute Gasteiger partial charge is 0.0527 e. The molecule has 0 radical (unpaired) electrons. The Bertz CT molecular complexity index is 540. The second kappa shape index (κ2) is 3.73. The van der Waals surface area contributed by atoms with Crippen molar-refractivity contribution < 1.29 is 0 Å². The monoisotopic (exact) mass is 229 g/mol. The number of nitrogen functional groups attached to an aromatic ring is 1. The Morgan fingerprint density at radius 2 is 1.81 bits per heavy atom. The summed E-state index contributed by atoms with van der Waals surface area (Å²) in [7, 11) is 0. The van der Waals surface area contributed by atoms with Crippen molar-refractivity contribution >= 4 is 28.8 Å². The summed E-state index contributed by atoms with van der Waals surface area (Å²) >= 11 is 1.75. The molecule has 0 fully saturated rings. The first-order valence-electron chi connectivity index (χ1n) is 5.01. The fourth-order valence-electron chi connectivity index (χ4n) is 1.72. The van der Waals surface area contributed by atoms with Gasteiger partial charge in [0.05, 0.1) is 11.4 Å². The van der Waals surface area contributed by atoms with Gasteiger partial charge in [0.15, 0.2) is 0 Å². The number of benzene rings is 2. The molecule has 4 heteroatoms. The minimum atomic E-state index is 0.924. The summed E-state index contributed by atoms with van der Waals surface area (Å²) in [6.45, 7) is 0. The Hall–Kier alpha value is -1.65. The highest BCUT2D eigenvalue weighted by Gasteiger charge is 2.14. The van der Waals surface area contributed by atoms with E-state index in [2.05, 4.69) is 22.9 Å². The fraction of sp³-hybridized carbons (Fsp3) is 0. The Kier molecular flexibility index (Phi) is 2.23. The van der Waals surface area contributed by atoms with E-state index < -0.39 is 0 Å². The lowest BCUT2D eigenvalue weighted by Crippen LogP contribution is -2.07. The molecule has 0 spiro atoms. The standard InChI is InChI=1S/C12H11N3S/c13-15-8-5-6-10-12(7-8)16-11-4-2-1-3-9(11)14-10/h1-7,14-15H,13H2. The summed E-state index contributed by atoms with van der Waals surface area (Å²) in [5.41, 5.74) is 5.87. The normalized spacial score (nSPS) is 12.3. The van der Waals surface area contributed by atoms with E-state index in [9.17, 15) is 0 Å². The van der Waals surface area contributed by atoms with Crippen LogP contribution in [0.15, 0.2) is 52.3 Å². The van der Waals surface area contributed by atoms with Crippen molar-refractivity contribution in [2.24, 2.45) is 5.84 Å². The van der Waals surface area contributed by atoms with Crippen LogP contribution in [0.1, 0.15) is 0 Å². The molecule has 1 heterocycles. The minimum Gasteiger partial charge on any atom is -0.354 e. The molecule has 4 N–H and O–H groups in total. The van der Waals surface area contributed by atoms with Crippen LogP contribution in [0.25, 0.3) is 0 Å². The predicted molar refractivity (Wildman–Crippen MR) is 68.1 cm³/mol. The van der Waals surface area contributed by atoms with E-state index in [1.165, 1.54) is 9.79 Å². The Morgan fingerprint density at radius 3 is 2.69 bits per heavy atom. The maximum atomic E-state index is 5.40. The third-order valence-corrected chi connectivity index (χ3v) is 3.66. The molecule has 0 aromatic heterocycles. The number of fused-ring (bicyclic) bond motifs is 2. The fourth-order valence-corrected chi connectivity index (χ4v) is 2.75. The van der Waals surface area contributed by atoms with Crippen LogP contribution in [0.5, 0.6) is 0 Å². The van der Waals surface area contributed by atoms with Gasteiger partial charge in [-0.2, -0.15) is 0 Å². The average molecular weight is 229 g/mol. The third kappa shape index (κ3) is 1.52. The number of hydrazine groups is 1. The molecule has 2 aromatic carbocycles. The number of anilines is 3. The Balaban J connectivity index is 2.05. The van der Waals surface area contributed by atoms with Gasteiger partial charge in [0.1, 0.15) is 0 Å². The van der Waals surface area contributed by atoms with Crippen molar-refractivity contribution in [1.82, 2.24) is 0 Å². The lowest BCUT2D eigenvalue weighted by Gasteiger charge is -2.21. The van der Waals surface area contributed by atoms with Gasteiger partial charge in [-0.3, -0.25) is 5.84 Å². The van der Waals surface area contributed by atoms with Crippen molar-refractivity contribution in [2.45, 2.75) is 9.79 Å². The summed E-state index contributed by atoms with van der Waals surface area (Å²) in [6, 6.07) is 14.3. The van der Waals surface area contributed by atoms with Gasteiger partial charge in [-0.05, 0) is 30.3 Å². The molecule has 0 bridgehead atoms. The molecule has 3 rings (SSSR count). The van der Waals surface area contributed by atoms with Crippen LogP contribution in [0, 0.1) is 0 Å². The third-order valence-electron chi connectivity index (χ3n) is 2.52. The van der Waals surface area contributed by atoms with Crippen LogP contribution in [-0.2, 0) is 0 Å². The highest BCUT2D eigenvalue weighted by atomic mass is 32.2. The zero-order chi connectivity index (χ0) is 11.0. The number of hydrogen-bond acceptors (Lipinski definition) is 4. The number of rotatable bonds is 1. The van der Waals surface area contributed by atoms with Crippen LogP contribution in [0.3, 0.4) is 0 Å². The van der Waals surface area contributed by atoms with E-state index in [-0.39, 0.29) is 0 Å². The van der Waals surface area contributed by atoms with E-state index in [4.69, 9.17) is 5.84 Å². The first-order chi connectivity index (χ1) is 7.86. The van der Waals surface area contributed by atoms with Gasteiger partial charge in [-0.15, -0.1) is 0 Å². The van der Waals surface area contributed by atoms with Crippen molar-refractivity contribution in [2.75, 3.05) is 10.7 Å². The predicted octanol–water partition coefficient (Wildman–Crippen LogP) is 3.18. The van der Waals surface area contributed by atoms with Crippen molar-refractivity contribution in [3.8, 4) is 0 Å². The zero-order valence-corrected chi connectivity index (χ0v) is 9.34. The van der Waals surface area contributed by atoms with Crippen molar-refractivity contribution in [1.29, 1.82) is 0 Å². The van der Waals surface area contributed by atoms with Gasteiger partial charge in [0.25, 0.3) is 0 Å². The summed E-state index contributed by atoms with van der Waals surface area (Å²) in [5.74, 6) is 5.40. The highest BCUT2D eigenvalue weighted by Crippen LogP contribution is 2.44. The maximum Gasteiger partial charge on any atom is 0.0527 e. The number of nitrogens with one attached hydrogen (secondary N) is 2. The van der Waals surface area contributed by atoms with Gasteiger partial charge < -0.3 is 10.7 Å². The van der Waals surface area contributed by atoms with Crippen molar-refractivity contribution in [3.63, 3.8) is 0 Å². The molecular weight excluding hydrogens is 218 g/mol. The molecule has 1 aliphatic heterocycles. The topological polar surface area (TPSA) is 50.1 Å². The molecule has 0 saturated heterocycles. The molecule has 0 atom stereocenters. The summed E-state index contributed by atoms with van der Waals surface area (Å²) in [5, 5.41) is 3.40. The number of nitrogens with two attached hydrogens (primary N) is 1. The maximum absolute atomic E-state index is 5.40. The second-order valence-electron chi connectivity index (χ2n) is 3.58. The molecular formula is C12H11N3S. The van der Waals surface area contributed by atoms with Gasteiger partial charge >= 0.3 is 0 Å². The molecule has 80 valence electrons. The Labute approximate surface area is 98.0 Å². The first kappa shape index (κ1) is 9.57. The van der Waals surface area contributed by atoms with Crippen LogP contribution in [0.4, 0.5) is 17.1 Å². The molecule has 3 nitrogen and oxygen atoms in total. The second-order valence-corrected chi connectivity index (χ2v) is 4.66. The van der Waals surface area contributed by atoms with Crippen LogP contribution < -0.4 is 16.6 Å². The van der Waals surface area contributed by atoms with Crippen LogP contribution in [0.2, 0.25) is 0 Å². The van der Waals surface area contributed by atoms with Gasteiger partial charge in [-0.25, -0.2) is 0 Å². The number of para-hydroxylation sites is 1. The van der Waals surface area contributed by atoms with Crippen LogP contribution in [-0.4, -0.2) is 0 Å². The van der Waals surface area contributed by atoms with Gasteiger partial charge in [0, 0.05) is 15.5 Å². The molecule has 0 aliphatic carbocycles. The van der Waals surface area contributed by atoms with E-state index in [0.717, 1.165) is 17.1 Å². The summed E-state index contributed by atoms with van der Waals surface area (Å²) in [6.07, 6.45) is 0. The first-order valence-corrected chi connectivity index (χ1v) is 5.83. The lowest BCUT2D eigenvalue weighted by molar-refractivity contribution is 1.28. The number of hydrogen-bond donors (Lipinski definition) is 3. The Morgan fingerprint density at radius 1 is 1.00 bits per heavy atom. The SMILES string of the molecule is NNc1ccc2c(c1)Sc1ccccc1N2.